The molecule has 1 aliphatic rings. The highest BCUT2D eigenvalue weighted by Crippen LogP contribution is 2.25. The first-order chi connectivity index (χ1) is 11.3. The number of halogens is 1. The average molecular weight is 417 g/mol. The summed E-state index contributed by atoms with van der Waals surface area (Å²) in [5.74, 6) is -0.310. The van der Waals surface area contributed by atoms with Crippen LogP contribution in [-0.2, 0) is 14.8 Å². The number of carbonyl (C=O) groups excluding carboxylic acids is 1. The van der Waals surface area contributed by atoms with Gasteiger partial charge < -0.3 is 5.32 Å². The second-order valence-corrected chi connectivity index (χ2v) is 9.21. The SMILES string of the molecule is CCC[C@@H](C)NC(=O)[C@H]1CCCN(S(=O)(=O)c2ccc(Br)cc2)C1. The quantitative estimate of drug-likeness (QED) is 0.774. The Morgan fingerprint density at radius 3 is 2.67 bits per heavy atom. The highest BCUT2D eigenvalue weighted by molar-refractivity contribution is 9.10. The van der Waals surface area contributed by atoms with E-state index >= 15 is 0 Å². The van der Waals surface area contributed by atoms with Gasteiger partial charge in [-0.25, -0.2) is 8.42 Å². The van der Waals surface area contributed by atoms with E-state index in [1.165, 1.54) is 4.31 Å². The smallest absolute Gasteiger partial charge is 0.243 e. The number of benzene rings is 1. The van der Waals surface area contributed by atoms with E-state index in [1.807, 2.05) is 6.92 Å². The first-order valence-corrected chi connectivity index (χ1v) is 10.6. The molecule has 24 heavy (non-hydrogen) atoms. The zero-order valence-corrected chi connectivity index (χ0v) is 16.6. The maximum atomic E-state index is 12.8. The molecule has 2 rings (SSSR count). The Hall–Kier alpha value is -0.920. The minimum atomic E-state index is -3.55. The highest BCUT2D eigenvalue weighted by Gasteiger charge is 2.33. The van der Waals surface area contributed by atoms with Gasteiger partial charge in [0.2, 0.25) is 15.9 Å². The zero-order valence-electron chi connectivity index (χ0n) is 14.2. The van der Waals surface area contributed by atoms with E-state index in [2.05, 4.69) is 28.2 Å². The van der Waals surface area contributed by atoms with E-state index in [9.17, 15) is 13.2 Å². The summed E-state index contributed by atoms with van der Waals surface area (Å²) in [6.07, 6.45) is 3.38. The molecular formula is C17H25BrN2O3S. The summed E-state index contributed by atoms with van der Waals surface area (Å²) < 4.78 is 27.8. The van der Waals surface area contributed by atoms with E-state index < -0.39 is 10.0 Å². The summed E-state index contributed by atoms with van der Waals surface area (Å²) in [5.41, 5.74) is 0. The van der Waals surface area contributed by atoms with Crippen molar-refractivity contribution >= 4 is 31.9 Å². The van der Waals surface area contributed by atoms with E-state index in [0.717, 1.165) is 23.7 Å². The van der Waals surface area contributed by atoms with Crippen LogP contribution < -0.4 is 5.32 Å². The van der Waals surface area contributed by atoms with Gasteiger partial charge in [0.05, 0.1) is 10.8 Å². The Morgan fingerprint density at radius 1 is 1.38 bits per heavy atom. The number of carbonyl (C=O) groups is 1. The van der Waals surface area contributed by atoms with Crippen LogP contribution in [0, 0.1) is 5.92 Å². The van der Waals surface area contributed by atoms with Gasteiger partial charge in [-0.3, -0.25) is 4.79 Å². The van der Waals surface area contributed by atoms with Gasteiger partial charge in [-0.2, -0.15) is 4.31 Å². The number of hydrogen-bond donors (Lipinski definition) is 1. The Balaban J connectivity index is 2.07. The highest BCUT2D eigenvalue weighted by atomic mass is 79.9. The van der Waals surface area contributed by atoms with Crippen LogP contribution in [0.25, 0.3) is 0 Å². The lowest BCUT2D eigenvalue weighted by Crippen LogP contribution is -2.47. The Morgan fingerprint density at radius 2 is 2.04 bits per heavy atom. The Bertz CT molecular complexity index is 661. The summed E-state index contributed by atoms with van der Waals surface area (Å²) in [7, 11) is -3.55. The van der Waals surface area contributed by atoms with E-state index in [1.54, 1.807) is 24.3 Å². The molecule has 0 aliphatic carbocycles. The summed E-state index contributed by atoms with van der Waals surface area (Å²) >= 11 is 3.31. The predicted octanol–water partition coefficient (Wildman–Crippen LogP) is 3.15. The van der Waals surface area contributed by atoms with Crippen molar-refractivity contribution in [3.05, 3.63) is 28.7 Å². The molecule has 0 saturated carbocycles. The molecule has 1 aromatic carbocycles. The third-order valence-electron chi connectivity index (χ3n) is 4.32. The van der Waals surface area contributed by atoms with Crippen LogP contribution in [0.1, 0.15) is 39.5 Å². The van der Waals surface area contributed by atoms with Crippen LogP contribution in [-0.4, -0.2) is 37.8 Å². The lowest BCUT2D eigenvalue weighted by molar-refractivity contribution is -0.126. The number of rotatable bonds is 6. The minimum Gasteiger partial charge on any atom is -0.353 e. The van der Waals surface area contributed by atoms with Crippen LogP contribution in [0.15, 0.2) is 33.6 Å². The van der Waals surface area contributed by atoms with Crippen molar-refractivity contribution in [1.82, 2.24) is 9.62 Å². The number of piperidine rings is 1. The molecule has 5 nitrogen and oxygen atoms in total. The van der Waals surface area contributed by atoms with Crippen molar-refractivity contribution in [2.45, 2.75) is 50.5 Å². The fourth-order valence-corrected chi connectivity index (χ4v) is 4.78. The molecule has 0 spiro atoms. The number of sulfonamides is 1. The van der Waals surface area contributed by atoms with Crippen LogP contribution in [0.4, 0.5) is 0 Å². The van der Waals surface area contributed by atoms with Gasteiger partial charge in [-0.15, -0.1) is 0 Å². The van der Waals surface area contributed by atoms with Gasteiger partial charge in [0.1, 0.15) is 0 Å². The van der Waals surface area contributed by atoms with Crippen molar-refractivity contribution in [3.63, 3.8) is 0 Å². The largest absolute Gasteiger partial charge is 0.353 e. The fraction of sp³-hybridized carbons (Fsp3) is 0.588. The molecule has 0 bridgehead atoms. The van der Waals surface area contributed by atoms with Crippen molar-refractivity contribution in [1.29, 1.82) is 0 Å². The summed E-state index contributed by atoms with van der Waals surface area (Å²) in [5, 5.41) is 3.00. The van der Waals surface area contributed by atoms with E-state index in [4.69, 9.17) is 0 Å². The number of amides is 1. The second kappa shape index (κ2) is 8.45. The molecule has 7 heteroatoms. The van der Waals surface area contributed by atoms with E-state index in [-0.39, 0.29) is 29.3 Å². The Labute approximate surface area is 153 Å². The molecule has 1 saturated heterocycles. The first-order valence-electron chi connectivity index (χ1n) is 8.40. The second-order valence-electron chi connectivity index (χ2n) is 6.35. The Kier molecular flexibility index (Phi) is 6.83. The average Bonchev–Trinajstić information content (AvgIpc) is 2.55. The van der Waals surface area contributed by atoms with Crippen molar-refractivity contribution in [3.8, 4) is 0 Å². The van der Waals surface area contributed by atoms with Gasteiger partial charge in [0, 0.05) is 23.6 Å². The molecule has 0 aromatic heterocycles. The molecule has 1 aliphatic heterocycles. The van der Waals surface area contributed by atoms with Crippen molar-refractivity contribution < 1.29 is 13.2 Å². The van der Waals surface area contributed by atoms with Crippen LogP contribution >= 0.6 is 15.9 Å². The molecule has 1 aromatic rings. The first kappa shape index (κ1) is 19.4. The maximum Gasteiger partial charge on any atom is 0.243 e. The van der Waals surface area contributed by atoms with Gasteiger partial charge in [0.15, 0.2) is 0 Å². The predicted molar refractivity (Wildman–Crippen MR) is 98.1 cm³/mol. The van der Waals surface area contributed by atoms with Gasteiger partial charge in [-0.1, -0.05) is 29.3 Å². The maximum absolute atomic E-state index is 12.8. The van der Waals surface area contributed by atoms with Gasteiger partial charge in [0.25, 0.3) is 0 Å². The molecule has 1 heterocycles. The molecule has 0 radical (unpaired) electrons. The molecule has 2 atom stereocenters. The molecule has 1 fully saturated rings. The van der Waals surface area contributed by atoms with E-state index in [0.29, 0.717) is 13.0 Å². The standard InChI is InChI=1S/C17H25BrN2O3S/c1-3-5-13(2)19-17(21)14-6-4-11-20(12-14)24(22,23)16-9-7-15(18)8-10-16/h7-10,13-14H,3-6,11-12H2,1-2H3,(H,19,21)/t13-,14+/m1/s1. The van der Waals surface area contributed by atoms with Crippen LogP contribution in [0.3, 0.4) is 0 Å². The summed E-state index contributed by atoms with van der Waals surface area (Å²) in [6, 6.07) is 6.74. The molecule has 134 valence electrons. The number of nitrogens with zero attached hydrogens (tertiary/aromatic N) is 1. The third kappa shape index (κ3) is 4.80. The van der Waals surface area contributed by atoms with Crippen LogP contribution in [0.5, 0.6) is 0 Å². The normalized spacial score (nSPS) is 20.5. The van der Waals surface area contributed by atoms with Crippen molar-refractivity contribution in [2.75, 3.05) is 13.1 Å². The molecule has 1 amide bonds. The van der Waals surface area contributed by atoms with Crippen molar-refractivity contribution in [2.24, 2.45) is 5.92 Å². The third-order valence-corrected chi connectivity index (χ3v) is 6.72. The summed E-state index contributed by atoms with van der Waals surface area (Å²) in [6.45, 7) is 4.78. The summed E-state index contributed by atoms with van der Waals surface area (Å²) in [4.78, 5) is 12.7. The zero-order chi connectivity index (χ0) is 17.7. The lowest BCUT2D eigenvalue weighted by atomic mass is 9.98. The number of nitrogens with one attached hydrogen (secondary N) is 1. The monoisotopic (exact) mass is 416 g/mol. The topological polar surface area (TPSA) is 66.5 Å². The number of hydrogen-bond acceptors (Lipinski definition) is 3. The minimum absolute atomic E-state index is 0.0355. The molecule has 1 N–H and O–H groups in total. The van der Waals surface area contributed by atoms with Gasteiger partial charge in [-0.05, 0) is 50.5 Å². The lowest BCUT2D eigenvalue weighted by Gasteiger charge is -2.31. The van der Waals surface area contributed by atoms with Gasteiger partial charge >= 0.3 is 0 Å². The van der Waals surface area contributed by atoms with Crippen LogP contribution in [0.2, 0.25) is 0 Å². The molecular weight excluding hydrogens is 392 g/mol. The molecule has 0 unspecified atom stereocenters. The fourth-order valence-electron chi connectivity index (χ4n) is 3.00.